The van der Waals surface area contributed by atoms with Crippen LogP contribution in [-0.4, -0.2) is 34.6 Å². The predicted molar refractivity (Wildman–Crippen MR) is 99.4 cm³/mol. The number of carbonyl (C=O) groups is 2. The summed E-state index contributed by atoms with van der Waals surface area (Å²) in [4.78, 5) is 25.1. The number of nitrogens with one attached hydrogen (secondary N) is 1. The third kappa shape index (κ3) is 3.13. The van der Waals surface area contributed by atoms with Crippen molar-refractivity contribution in [3.8, 4) is 11.1 Å². The number of anilines is 1. The molecule has 2 N–H and O–H groups in total. The second-order valence-electron chi connectivity index (χ2n) is 6.66. The van der Waals surface area contributed by atoms with E-state index in [1.165, 1.54) is 39.3 Å². The third-order valence-electron chi connectivity index (χ3n) is 4.89. The number of nitrogens with zero attached hydrogens (tertiary/aromatic N) is 1. The summed E-state index contributed by atoms with van der Waals surface area (Å²) in [6.45, 7) is 0.361. The molecular formula is C21H20N2O3. The number of hydrogen-bond acceptors (Lipinski definition) is 3. The highest BCUT2D eigenvalue weighted by Gasteiger charge is 2.23. The first-order chi connectivity index (χ1) is 12.6. The maximum Gasteiger partial charge on any atom is 0.248 e. The molecule has 1 aliphatic heterocycles. The van der Waals surface area contributed by atoms with Gasteiger partial charge >= 0.3 is 0 Å². The second-order valence-corrected chi connectivity index (χ2v) is 6.66. The average Bonchev–Trinajstić information content (AvgIpc) is 3.15. The summed E-state index contributed by atoms with van der Waals surface area (Å²) < 4.78 is 0. The monoisotopic (exact) mass is 348 g/mol. The van der Waals surface area contributed by atoms with Crippen LogP contribution in [-0.2, 0) is 16.0 Å². The van der Waals surface area contributed by atoms with E-state index < -0.39 is 6.23 Å². The minimum absolute atomic E-state index is 0.0884. The number of aliphatic hydroxyl groups excluding tert-OH is 1. The van der Waals surface area contributed by atoms with Crippen molar-refractivity contribution in [1.29, 1.82) is 0 Å². The average molecular weight is 348 g/mol. The molecule has 0 spiro atoms. The molecule has 5 heteroatoms. The number of aliphatic hydroxyl groups is 1. The van der Waals surface area contributed by atoms with Gasteiger partial charge in [-0.25, -0.2) is 0 Å². The molecule has 0 saturated heterocycles. The quantitative estimate of drug-likeness (QED) is 0.745. The van der Waals surface area contributed by atoms with Crippen LogP contribution in [0.2, 0.25) is 0 Å². The lowest BCUT2D eigenvalue weighted by atomic mass is 10.1. The van der Waals surface area contributed by atoms with Gasteiger partial charge in [-0.1, -0.05) is 30.3 Å². The lowest BCUT2D eigenvalue weighted by molar-refractivity contribution is -0.131. The Morgan fingerprint density at radius 1 is 1.15 bits per heavy atom. The Morgan fingerprint density at radius 2 is 1.96 bits per heavy atom. The zero-order valence-electron chi connectivity index (χ0n) is 14.3. The van der Waals surface area contributed by atoms with E-state index in [9.17, 15) is 14.7 Å². The molecule has 0 fully saturated rings. The number of benzene rings is 2. The number of amides is 2. The molecule has 4 rings (SSSR count). The molecule has 2 amide bonds. The smallest absolute Gasteiger partial charge is 0.248 e. The number of rotatable bonds is 5. The number of carbonyl (C=O) groups excluding carboxylic acids is 2. The molecule has 5 nitrogen and oxygen atoms in total. The van der Waals surface area contributed by atoms with Crippen molar-refractivity contribution >= 4 is 17.5 Å². The van der Waals surface area contributed by atoms with E-state index >= 15 is 0 Å². The highest BCUT2D eigenvalue weighted by Crippen LogP contribution is 2.37. The van der Waals surface area contributed by atoms with Crippen molar-refractivity contribution in [2.45, 2.75) is 25.5 Å². The fourth-order valence-corrected chi connectivity index (χ4v) is 3.60. The van der Waals surface area contributed by atoms with E-state index in [2.05, 4.69) is 23.5 Å². The normalized spacial score (nSPS) is 17.3. The molecule has 2 aromatic rings. The summed E-state index contributed by atoms with van der Waals surface area (Å²) in [7, 11) is 0. The summed E-state index contributed by atoms with van der Waals surface area (Å²) in [6, 6.07) is 14.4. The molecule has 1 unspecified atom stereocenters. The fourth-order valence-electron chi connectivity index (χ4n) is 3.60. The van der Waals surface area contributed by atoms with Crippen LogP contribution < -0.4 is 5.32 Å². The van der Waals surface area contributed by atoms with Gasteiger partial charge in [-0.2, -0.15) is 0 Å². The Balaban J connectivity index is 1.33. The van der Waals surface area contributed by atoms with Crippen LogP contribution in [0.1, 0.15) is 24.0 Å². The van der Waals surface area contributed by atoms with E-state index in [1.807, 2.05) is 24.3 Å². The first kappa shape index (κ1) is 16.5. The molecule has 2 aliphatic rings. The van der Waals surface area contributed by atoms with Crippen molar-refractivity contribution in [2.75, 3.05) is 11.9 Å². The largest absolute Gasteiger partial charge is 0.370 e. The maximum absolute atomic E-state index is 12.2. The SMILES string of the molecule is O=C(CCCN1C(=O)C=CC1O)Nc1ccc2c(c1)Cc1ccccc1-2. The summed E-state index contributed by atoms with van der Waals surface area (Å²) in [5, 5.41) is 12.6. The van der Waals surface area contributed by atoms with Crippen LogP contribution in [0.4, 0.5) is 5.69 Å². The van der Waals surface area contributed by atoms with Gasteiger partial charge in [-0.15, -0.1) is 0 Å². The van der Waals surface area contributed by atoms with E-state index in [0.29, 0.717) is 19.4 Å². The molecule has 132 valence electrons. The minimum Gasteiger partial charge on any atom is -0.370 e. The fraction of sp³-hybridized carbons (Fsp3) is 0.238. The Morgan fingerprint density at radius 3 is 2.77 bits per heavy atom. The Bertz CT molecular complexity index is 904. The van der Waals surface area contributed by atoms with E-state index in [4.69, 9.17) is 0 Å². The lowest BCUT2D eigenvalue weighted by Crippen LogP contribution is -2.34. The van der Waals surface area contributed by atoms with Crippen molar-refractivity contribution in [3.05, 3.63) is 65.7 Å². The van der Waals surface area contributed by atoms with Crippen LogP contribution in [0.15, 0.2) is 54.6 Å². The zero-order chi connectivity index (χ0) is 18.1. The van der Waals surface area contributed by atoms with E-state index in [1.54, 1.807) is 0 Å². The Kier molecular flexibility index (Phi) is 4.31. The highest BCUT2D eigenvalue weighted by atomic mass is 16.3. The molecular weight excluding hydrogens is 328 g/mol. The third-order valence-corrected chi connectivity index (χ3v) is 4.89. The molecule has 1 aliphatic carbocycles. The van der Waals surface area contributed by atoms with Crippen LogP contribution >= 0.6 is 0 Å². The topological polar surface area (TPSA) is 69.6 Å². The van der Waals surface area contributed by atoms with Crippen LogP contribution in [0.3, 0.4) is 0 Å². The predicted octanol–water partition coefficient (Wildman–Crippen LogP) is 2.69. The van der Waals surface area contributed by atoms with Gasteiger partial charge in [0.2, 0.25) is 11.8 Å². The van der Waals surface area contributed by atoms with Gasteiger partial charge in [0.05, 0.1) is 0 Å². The maximum atomic E-state index is 12.2. The van der Waals surface area contributed by atoms with Crippen molar-refractivity contribution < 1.29 is 14.7 Å². The molecule has 2 aromatic carbocycles. The molecule has 0 saturated carbocycles. The molecule has 1 heterocycles. The first-order valence-corrected chi connectivity index (χ1v) is 8.80. The molecule has 0 radical (unpaired) electrons. The van der Waals surface area contributed by atoms with Gasteiger partial charge in [0.25, 0.3) is 0 Å². The summed E-state index contributed by atoms with van der Waals surface area (Å²) in [5.41, 5.74) is 5.82. The van der Waals surface area contributed by atoms with Crippen LogP contribution in [0.5, 0.6) is 0 Å². The van der Waals surface area contributed by atoms with Gasteiger partial charge in [-0.3, -0.25) is 9.59 Å². The Hall–Kier alpha value is -2.92. The molecule has 1 atom stereocenters. The summed E-state index contributed by atoms with van der Waals surface area (Å²) >= 11 is 0. The van der Waals surface area contributed by atoms with Crippen molar-refractivity contribution in [1.82, 2.24) is 4.90 Å². The van der Waals surface area contributed by atoms with E-state index in [-0.39, 0.29) is 11.8 Å². The zero-order valence-corrected chi connectivity index (χ0v) is 14.3. The Labute approximate surface area is 151 Å². The van der Waals surface area contributed by atoms with Crippen molar-refractivity contribution in [2.24, 2.45) is 0 Å². The van der Waals surface area contributed by atoms with Crippen LogP contribution in [0, 0.1) is 0 Å². The van der Waals surface area contributed by atoms with Gasteiger partial charge in [-0.05, 0) is 53.3 Å². The number of fused-ring (bicyclic) bond motifs is 3. The molecule has 0 bridgehead atoms. The van der Waals surface area contributed by atoms with Gasteiger partial charge in [0.1, 0.15) is 6.23 Å². The number of hydrogen-bond donors (Lipinski definition) is 2. The summed E-state index contributed by atoms with van der Waals surface area (Å²) in [6.07, 6.45) is 3.62. The van der Waals surface area contributed by atoms with Crippen LogP contribution in [0.25, 0.3) is 11.1 Å². The van der Waals surface area contributed by atoms with E-state index in [0.717, 1.165) is 12.1 Å². The standard InChI is InChI=1S/C21H20N2O3/c24-19(6-3-11-23-20(25)9-10-21(23)26)22-16-7-8-18-15(13-16)12-14-4-1-2-5-17(14)18/h1-2,4-5,7-10,13,20,25H,3,6,11-12H2,(H,22,24). The lowest BCUT2D eigenvalue weighted by Gasteiger charge is -2.19. The highest BCUT2D eigenvalue weighted by molar-refractivity contribution is 5.92. The molecule has 0 aromatic heterocycles. The van der Waals surface area contributed by atoms with Gasteiger partial charge in [0.15, 0.2) is 0 Å². The second kappa shape index (κ2) is 6.77. The first-order valence-electron chi connectivity index (χ1n) is 8.80. The van der Waals surface area contributed by atoms with Crippen molar-refractivity contribution in [3.63, 3.8) is 0 Å². The minimum atomic E-state index is -0.871. The van der Waals surface area contributed by atoms with Gasteiger partial charge in [0, 0.05) is 24.7 Å². The summed E-state index contributed by atoms with van der Waals surface area (Å²) in [5.74, 6) is -0.300. The van der Waals surface area contributed by atoms with Gasteiger partial charge < -0.3 is 15.3 Å². The molecule has 26 heavy (non-hydrogen) atoms.